The van der Waals surface area contributed by atoms with Gasteiger partial charge in [0.2, 0.25) is 10.0 Å². The van der Waals surface area contributed by atoms with Crippen LogP contribution in [0.4, 0.5) is 0 Å². The molecule has 2 aromatic carbocycles. The zero-order valence-corrected chi connectivity index (χ0v) is 14.6. The summed E-state index contributed by atoms with van der Waals surface area (Å²) < 4.78 is 27.8. The van der Waals surface area contributed by atoms with Crippen molar-refractivity contribution in [1.29, 1.82) is 0 Å². The molecule has 1 atom stereocenters. The van der Waals surface area contributed by atoms with Crippen LogP contribution >= 0.6 is 23.2 Å². The van der Waals surface area contributed by atoms with Crippen LogP contribution in [0.15, 0.2) is 47.4 Å². The molecule has 0 unspecified atom stereocenters. The minimum absolute atomic E-state index is 0.00720. The van der Waals surface area contributed by atoms with Crippen LogP contribution in [-0.2, 0) is 10.0 Å². The number of rotatable bonds is 5. The molecule has 2 aromatic rings. The van der Waals surface area contributed by atoms with Crippen molar-refractivity contribution < 1.29 is 8.42 Å². The van der Waals surface area contributed by atoms with E-state index in [9.17, 15) is 8.42 Å². The van der Waals surface area contributed by atoms with Gasteiger partial charge in [0.05, 0.1) is 5.02 Å². The van der Waals surface area contributed by atoms with Gasteiger partial charge in [-0.15, -0.1) is 0 Å². The average molecular weight is 358 g/mol. The third-order valence-corrected chi connectivity index (χ3v) is 5.56. The monoisotopic (exact) mass is 357 g/mol. The van der Waals surface area contributed by atoms with Crippen molar-refractivity contribution in [1.82, 2.24) is 4.72 Å². The molecule has 0 aliphatic heterocycles. The predicted octanol–water partition coefficient (Wildman–Crippen LogP) is 4.73. The lowest BCUT2D eigenvalue weighted by molar-refractivity contribution is 0.550. The summed E-state index contributed by atoms with van der Waals surface area (Å²) in [6.45, 7) is 3.91. The Morgan fingerprint density at radius 2 is 1.73 bits per heavy atom. The summed E-state index contributed by atoms with van der Waals surface area (Å²) in [6.07, 6.45) is 0.625. The Morgan fingerprint density at radius 1 is 1.09 bits per heavy atom. The van der Waals surface area contributed by atoms with Crippen LogP contribution < -0.4 is 4.72 Å². The maximum atomic E-state index is 12.6. The topological polar surface area (TPSA) is 46.2 Å². The van der Waals surface area contributed by atoms with E-state index in [0.29, 0.717) is 11.4 Å². The van der Waals surface area contributed by atoms with Crippen molar-refractivity contribution in [3.8, 4) is 0 Å². The van der Waals surface area contributed by atoms with E-state index in [1.165, 1.54) is 12.1 Å². The highest BCUT2D eigenvalue weighted by Gasteiger charge is 2.23. The van der Waals surface area contributed by atoms with E-state index in [2.05, 4.69) is 4.72 Å². The number of hydrogen-bond acceptors (Lipinski definition) is 2. The second-order valence-electron chi connectivity index (χ2n) is 5.07. The zero-order valence-electron chi connectivity index (χ0n) is 12.3. The Bertz CT molecular complexity index is 758. The second-order valence-corrected chi connectivity index (χ2v) is 7.59. The van der Waals surface area contributed by atoms with Gasteiger partial charge in [-0.05, 0) is 37.1 Å². The van der Waals surface area contributed by atoms with Crippen molar-refractivity contribution in [2.24, 2.45) is 0 Å². The van der Waals surface area contributed by atoms with Gasteiger partial charge in [-0.25, -0.2) is 13.1 Å². The number of halogens is 2. The highest BCUT2D eigenvalue weighted by molar-refractivity contribution is 7.89. The van der Waals surface area contributed by atoms with E-state index < -0.39 is 10.0 Å². The van der Waals surface area contributed by atoms with Crippen molar-refractivity contribution >= 4 is 33.2 Å². The minimum Gasteiger partial charge on any atom is -0.207 e. The molecular formula is C16H17Cl2NO2S. The molecule has 0 heterocycles. The lowest BCUT2D eigenvalue weighted by Gasteiger charge is -2.18. The Kier molecular flexibility index (Phi) is 5.50. The molecule has 0 aliphatic rings. The zero-order chi connectivity index (χ0) is 16.3. The molecule has 0 fully saturated rings. The first-order valence-electron chi connectivity index (χ1n) is 6.87. The Balaban J connectivity index is 2.33. The molecule has 22 heavy (non-hydrogen) atoms. The highest BCUT2D eigenvalue weighted by atomic mass is 35.5. The predicted molar refractivity (Wildman–Crippen MR) is 91.0 cm³/mol. The van der Waals surface area contributed by atoms with Gasteiger partial charge in [-0.1, -0.05) is 60.0 Å². The first-order chi connectivity index (χ1) is 10.3. The molecule has 0 spiro atoms. The molecule has 0 aliphatic carbocycles. The number of hydrogen-bond donors (Lipinski definition) is 1. The lowest BCUT2D eigenvalue weighted by atomic mass is 10.0. The number of benzene rings is 2. The maximum absolute atomic E-state index is 12.6. The second kappa shape index (κ2) is 7.01. The smallest absolute Gasteiger partial charge is 0.207 e. The van der Waals surface area contributed by atoms with Crippen molar-refractivity contribution in [3.63, 3.8) is 0 Å². The van der Waals surface area contributed by atoms with Crippen molar-refractivity contribution in [2.75, 3.05) is 0 Å². The van der Waals surface area contributed by atoms with Crippen LogP contribution in [0.3, 0.4) is 0 Å². The molecule has 0 radical (unpaired) electrons. The van der Waals surface area contributed by atoms with Crippen LogP contribution in [0.1, 0.15) is 30.5 Å². The highest BCUT2D eigenvalue weighted by Crippen LogP contribution is 2.27. The maximum Gasteiger partial charge on any atom is 0.242 e. The quantitative estimate of drug-likeness (QED) is 0.840. The summed E-state index contributed by atoms with van der Waals surface area (Å²) in [5.41, 5.74) is 2.04. The molecular weight excluding hydrogens is 341 g/mol. The van der Waals surface area contributed by atoms with Crippen LogP contribution in [0.5, 0.6) is 0 Å². The van der Waals surface area contributed by atoms with E-state index in [0.717, 1.165) is 11.1 Å². The molecule has 1 N–H and O–H groups in total. The van der Waals surface area contributed by atoms with E-state index in [-0.39, 0.29) is 16.0 Å². The summed E-state index contributed by atoms with van der Waals surface area (Å²) in [6, 6.07) is 11.8. The van der Waals surface area contributed by atoms with Gasteiger partial charge in [-0.2, -0.15) is 0 Å². The van der Waals surface area contributed by atoms with Crippen LogP contribution in [-0.4, -0.2) is 8.42 Å². The van der Waals surface area contributed by atoms with Crippen LogP contribution in [0.25, 0.3) is 0 Å². The van der Waals surface area contributed by atoms with E-state index in [1.807, 2.05) is 38.1 Å². The fraction of sp³-hybridized carbons (Fsp3) is 0.250. The number of sulfonamides is 1. The molecule has 118 valence electrons. The van der Waals surface area contributed by atoms with Gasteiger partial charge in [-0.3, -0.25) is 0 Å². The van der Waals surface area contributed by atoms with Gasteiger partial charge < -0.3 is 0 Å². The minimum atomic E-state index is -3.75. The van der Waals surface area contributed by atoms with Gasteiger partial charge in [0.1, 0.15) is 4.90 Å². The third-order valence-electron chi connectivity index (χ3n) is 3.37. The van der Waals surface area contributed by atoms with Crippen LogP contribution in [0, 0.1) is 6.92 Å². The van der Waals surface area contributed by atoms with Crippen molar-refractivity contribution in [3.05, 3.63) is 63.6 Å². The molecule has 0 amide bonds. The normalized spacial score (nSPS) is 13.1. The summed E-state index contributed by atoms with van der Waals surface area (Å²) in [5, 5.41) is 0.476. The summed E-state index contributed by atoms with van der Waals surface area (Å²) in [5.74, 6) is 0. The Morgan fingerprint density at radius 3 is 2.32 bits per heavy atom. The van der Waals surface area contributed by atoms with Crippen molar-refractivity contribution in [2.45, 2.75) is 31.2 Å². The molecule has 0 aromatic heterocycles. The van der Waals surface area contributed by atoms with Gasteiger partial charge in [0, 0.05) is 11.1 Å². The van der Waals surface area contributed by atoms with E-state index in [4.69, 9.17) is 23.2 Å². The molecule has 6 heteroatoms. The third kappa shape index (κ3) is 4.02. The van der Waals surface area contributed by atoms with Gasteiger partial charge in [0.15, 0.2) is 0 Å². The van der Waals surface area contributed by atoms with Gasteiger partial charge >= 0.3 is 0 Å². The molecule has 0 saturated heterocycles. The number of nitrogens with one attached hydrogen (secondary N) is 1. The fourth-order valence-electron chi connectivity index (χ4n) is 2.12. The Labute approximate surface area is 141 Å². The summed E-state index contributed by atoms with van der Waals surface area (Å²) >= 11 is 11.9. The molecule has 0 bridgehead atoms. The van der Waals surface area contributed by atoms with E-state index in [1.54, 1.807) is 6.07 Å². The fourth-order valence-corrected chi connectivity index (χ4v) is 4.19. The first-order valence-corrected chi connectivity index (χ1v) is 9.11. The molecule has 3 nitrogen and oxygen atoms in total. The largest absolute Gasteiger partial charge is 0.242 e. The molecule has 0 saturated carbocycles. The summed E-state index contributed by atoms with van der Waals surface area (Å²) in [4.78, 5) is -0.00720. The SMILES string of the molecule is CC[C@@H](NS(=O)(=O)c1cc(Cl)ccc1Cl)c1ccc(C)cc1. The van der Waals surface area contributed by atoms with E-state index >= 15 is 0 Å². The van der Waals surface area contributed by atoms with Gasteiger partial charge in [0.25, 0.3) is 0 Å². The first kappa shape index (κ1) is 17.3. The standard InChI is InChI=1S/C16H17Cl2NO2S/c1-3-15(12-6-4-11(2)5-7-12)19-22(20,21)16-10-13(17)8-9-14(16)18/h4-10,15,19H,3H2,1-2H3/t15-/m1/s1. The average Bonchev–Trinajstić information content (AvgIpc) is 2.48. The molecule has 2 rings (SSSR count). The number of aryl methyl sites for hydroxylation is 1. The Hall–Kier alpha value is -1.07. The summed E-state index contributed by atoms with van der Waals surface area (Å²) in [7, 11) is -3.75. The lowest BCUT2D eigenvalue weighted by Crippen LogP contribution is -2.28. The van der Waals surface area contributed by atoms with Crippen LogP contribution in [0.2, 0.25) is 10.0 Å².